The van der Waals surface area contributed by atoms with Gasteiger partial charge in [0, 0.05) is 30.7 Å². The minimum absolute atomic E-state index is 0.0354. The van der Waals surface area contributed by atoms with Crippen molar-refractivity contribution in [2.75, 3.05) is 13.6 Å². The standard InChI is InChI=1S/C20H33N3O3S/c1-4-20(21,5-2)15-22-19(24)16-10-9-13-18(14-16)27(25,26)23(3)17-11-7-6-8-12-17/h9-10,13-14,17H,4-8,11-12,15,21H2,1-3H3,(H,22,24). The summed E-state index contributed by atoms with van der Waals surface area (Å²) in [5, 5.41) is 2.84. The Labute approximate surface area is 163 Å². The van der Waals surface area contributed by atoms with E-state index < -0.39 is 15.6 Å². The third-order valence-corrected chi connectivity index (χ3v) is 7.78. The van der Waals surface area contributed by atoms with Crippen LogP contribution < -0.4 is 11.1 Å². The quantitative estimate of drug-likeness (QED) is 0.708. The van der Waals surface area contributed by atoms with Crippen LogP contribution in [0.5, 0.6) is 0 Å². The van der Waals surface area contributed by atoms with Gasteiger partial charge in [-0.05, 0) is 43.9 Å². The van der Waals surface area contributed by atoms with Crippen molar-refractivity contribution in [1.29, 1.82) is 0 Å². The second-order valence-electron chi connectivity index (χ2n) is 7.59. The van der Waals surface area contributed by atoms with Crippen LogP contribution in [-0.2, 0) is 10.0 Å². The molecule has 0 atom stereocenters. The maximum Gasteiger partial charge on any atom is 0.251 e. The predicted molar refractivity (Wildman–Crippen MR) is 108 cm³/mol. The van der Waals surface area contributed by atoms with Crippen LogP contribution in [0.1, 0.15) is 69.2 Å². The van der Waals surface area contributed by atoms with Crippen molar-refractivity contribution in [2.24, 2.45) is 5.73 Å². The number of amides is 1. The fraction of sp³-hybridized carbons (Fsp3) is 0.650. The van der Waals surface area contributed by atoms with E-state index in [2.05, 4.69) is 5.32 Å². The number of carbonyl (C=O) groups excluding carboxylic acids is 1. The van der Waals surface area contributed by atoms with Gasteiger partial charge in [0.15, 0.2) is 0 Å². The second kappa shape index (κ2) is 9.17. The summed E-state index contributed by atoms with van der Waals surface area (Å²) in [6.07, 6.45) is 6.57. The van der Waals surface area contributed by atoms with Gasteiger partial charge in [-0.3, -0.25) is 4.79 Å². The highest BCUT2D eigenvalue weighted by atomic mass is 32.2. The summed E-state index contributed by atoms with van der Waals surface area (Å²) in [4.78, 5) is 12.7. The fourth-order valence-electron chi connectivity index (χ4n) is 3.46. The van der Waals surface area contributed by atoms with Gasteiger partial charge in [-0.1, -0.05) is 39.2 Å². The molecule has 0 radical (unpaired) electrons. The Kier molecular flexibility index (Phi) is 7.42. The summed E-state index contributed by atoms with van der Waals surface area (Å²) >= 11 is 0. The summed E-state index contributed by atoms with van der Waals surface area (Å²) in [7, 11) is -1.98. The molecule has 0 aliphatic heterocycles. The molecule has 0 bridgehead atoms. The first-order valence-corrected chi connectivity index (χ1v) is 11.3. The molecule has 7 heteroatoms. The molecule has 0 saturated heterocycles. The minimum Gasteiger partial charge on any atom is -0.350 e. The van der Waals surface area contributed by atoms with E-state index in [1.807, 2.05) is 13.8 Å². The normalized spacial score (nSPS) is 16.5. The molecule has 6 nitrogen and oxygen atoms in total. The Hall–Kier alpha value is -1.44. The van der Waals surface area contributed by atoms with E-state index in [0.717, 1.165) is 44.9 Å². The Morgan fingerprint density at radius 1 is 1.22 bits per heavy atom. The van der Waals surface area contributed by atoms with E-state index in [9.17, 15) is 13.2 Å². The van der Waals surface area contributed by atoms with E-state index in [0.29, 0.717) is 12.1 Å². The van der Waals surface area contributed by atoms with Crippen LogP contribution in [0.25, 0.3) is 0 Å². The number of hydrogen-bond acceptors (Lipinski definition) is 4. The molecule has 0 heterocycles. The van der Waals surface area contributed by atoms with Crippen molar-refractivity contribution in [3.63, 3.8) is 0 Å². The number of nitrogens with zero attached hydrogens (tertiary/aromatic N) is 1. The zero-order valence-corrected chi connectivity index (χ0v) is 17.5. The van der Waals surface area contributed by atoms with Gasteiger partial charge in [0.1, 0.15) is 0 Å². The lowest BCUT2D eigenvalue weighted by Gasteiger charge is -2.30. The maximum atomic E-state index is 13.0. The van der Waals surface area contributed by atoms with Crippen molar-refractivity contribution < 1.29 is 13.2 Å². The smallest absolute Gasteiger partial charge is 0.251 e. The summed E-state index contributed by atoms with van der Waals surface area (Å²) < 4.78 is 27.5. The van der Waals surface area contributed by atoms with E-state index in [1.165, 1.54) is 10.4 Å². The topological polar surface area (TPSA) is 92.5 Å². The molecule has 0 unspecified atom stereocenters. The summed E-state index contributed by atoms with van der Waals surface area (Å²) in [6, 6.07) is 6.29. The van der Waals surface area contributed by atoms with Gasteiger partial charge in [0.05, 0.1) is 4.90 Å². The van der Waals surface area contributed by atoms with Crippen molar-refractivity contribution in [2.45, 2.75) is 75.3 Å². The van der Waals surface area contributed by atoms with Gasteiger partial charge in [0.25, 0.3) is 5.91 Å². The highest BCUT2D eigenvalue weighted by molar-refractivity contribution is 7.89. The maximum absolute atomic E-state index is 13.0. The van der Waals surface area contributed by atoms with Crippen molar-refractivity contribution in [3.8, 4) is 0 Å². The lowest BCUT2D eigenvalue weighted by atomic mass is 9.94. The molecule has 3 N–H and O–H groups in total. The van der Waals surface area contributed by atoms with E-state index in [1.54, 1.807) is 25.2 Å². The predicted octanol–water partition coefficient (Wildman–Crippen LogP) is 2.89. The first-order chi connectivity index (χ1) is 12.7. The number of nitrogens with one attached hydrogen (secondary N) is 1. The highest BCUT2D eigenvalue weighted by Gasteiger charge is 2.29. The van der Waals surface area contributed by atoms with Crippen molar-refractivity contribution >= 4 is 15.9 Å². The number of carbonyl (C=O) groups is 1. The molecule has 1 aromatic rings. The molecule has 1 aliphatic carbocycles. The van der Waals surface area contributed by atoms with Crippen LogP contribution in [0.2, 0.25) is 0 Å². The van der Waals surface area contributed by atoms with Crippen LogP contribution in [0, 0.1) is 0 Å². The van der Waals surface area contributed by atoms with Crippen molar-refractivity contribution in [1.82, 2.24) is 9.62 Å². The van der Waals surface area contributed by atoms with E-state index >= 15 is 0 Å². The molecule has 1 aliphatic rings. The molecule has 1 fully saturated rings. The number of rotatable bonds is 8. The largest absolute Gasteiger partial charge is 0.350 e. The first kappa shape index (κ1) is 21.9. The lowest BCUT2D eigenvalue weighted by molar-refractivity contribution is 0.0942. The molecule has 2 rings (SSSR count). The van der Waals surface area contributed by atoms with Crippen LogP contribution in [0.4, 0.5) is 0 Å². The van der Waals surface area contributed by atoms with Gasteiger partial charge >= 0.3 is 0 Å². The van der Waals surface area contributed by atoms with Crippen LogP contribution in [0.3, 0.4) is 0 Å². The zero-order chi connectivity index (χ0) is 20.1. The zero-order valence-electron chi connectivity index (χ0n) is 16.7. The van der Waals surface area contributed by atoms with E-state index in [-0.39, 0.29) is 16.8 Å². The number of benzene rings is 1. The first-order valence-electron chi connectivity index (χ1n) is 9.88. The average Bonchev–Trinajstić information content (AvgIpc) is 2.71. The van der Waals surface area contributed by atoms with E-state index in [4.69, 9.17) is 5.73 Å². The molecule has 27 heavy (non-hydrogen) atoms. The fourth-order valence-corrected chi connectivity index (χ4v) is 4.93. The molecule has 1 amide bonds. The lowest BCUT2D eigenvalue weighted by Crippen LogP contribution is -2.49. The molecule has 1 aromatic carbocycles. The van der Waals surface area contributed by atoms with Crippen LogP contribution in [-0.4, -0.2) is 43.8 Å². The molecule has 152 valence electrons. The van der Waals surface area contributed by atoms with Crippen molar-refractivity contribution in [3.05, 3.63) is 29.8 Å². The SMILES string of the molecule is CCC(N)(CC)CNC(=O)c1cccc(S(=O)(=O)N(C)C2CCCCC2)c1. The average molecular weight is 396 g/mol. The Balaban J connectivity index is 2.14. The van der Waals surface area contributed by atoms with Crippen LogP contribution >= 0.6 is 0 Å². The number of nitrogens with two attached hydrogens (primary N) is 1. The monoisotopic (exact) mass is 395 g/mol. The summed E-state index contributed by atoms with van der Waals surface area (Å²) in [5.41, 5.74) is 6.12. The van der Waals surface area contributed by atoms with Crippen LogP contribution in [0.15, 0.2) is 29.2 Å². The molecule has 0 spiro atoms. The number of sulfonamides is 1. The third-order valence-electron chi connectivity index (χ3n) is 5.87. The highest BCUT2D eigenvalue weighted by Crippen LogP contribution is 2.26. The molecular formula is C20H33N3O3S. The number of hydrogen-bond donors (Lipinski definition) is 2. The molecular weight excluding hydrogens is 362 g/mol. The molecule has 1 saturated carbocycles. The summed E-state index contributed by atoms with van der Waals surface area (Å²) in [5.74, 6) is -0.302. The summed E-state index contributed by atoms with van der Waals surface area (Å²) in [6.45, 7) is 4.34. The van der Waals surface area contributed by atoms with Gasteiger partial charge in [-0.25, -0.2) is 8.42 Å². The Morgan fingerprint density at radius 2 is 1.85 bits per heavy atom. The Morgan fingerprint density at radius 3 is 2.44 bits per heavy atom. The van der Waals surface area contributed by atoms with Gasteiger partial charge in [-0.15, -0.1) is 0 Å². The Bertz CT molecular complexity index is 739. The van der Waals surface area contributed by atoms with Gasteiger partial charge < -0.3 is 11.1 Å². The minimum atomic E-state index is -3.62. The van der Waals surface area contributed by atoms with Gasteiger partial charge in [0.2, 0.25) is 10.0 Å². The molecule has 0 aromatic heterocycles. The van der Waals surface area contributed by atoms with Gasteiger partial charge in [-0.2, -0.15) is 4.31 Å². The third kappa shape index (κ3) is 5.30. The second-order valence-corrected chi connectivity index (χ2v) is 9.59.